The molecular formula is C22H22LiN4O2-. The number of nitrogens with zero attached hydrogens (tertiary/aromatic N) is 4. The van der Waals surface area contributed by atoms with Crippen molar-refractivity contribution in [3.8, 4) is 0 Å². The van der Waals surface area contributed by atoms with Gasteiger partial charge in [-0.1, -0.05) is 18.2 Å². The van der Waals surface area contributed by atoms with Gasteiger partial charge in [-0.05, 0) is 7.05 Å². The van der Waals surface area contributed by atoms with E-state index >= 15 is 0 Å². The molecule has 3 heterocycles. The van der Waals surface area contributed by atoms with Crippen molar-refractivity contribution >= 4 is 17.0 Å². The molecule has 1 saturated heterocycles. The Bertz CT molecular complexity index is 1010. The van der Waals surface area contributed by atoms with Gasteiger partial charge in [-0.2, -0.15) is 6.08 Å². The molecule has 0 radical (unpaired) electrons. The van der Waals surface area contributed by atoms with Crippen LogP contribution in [0, 0.1) is 19.6 Å². The van der Waals surface area contributed by atoms with Crippen molar-refractivity contribution in [3.63, 3.8) is 0 Å². The Labute approximate surface area is 183 Å². The molecular weight excluding hydrogens is 359 g/mol. The molecule has 2 aromatic rings. The molecule has 1 fully saturated rings. The third-order valence-electron chi connectivity index (χ3n) is 4.93. The fourth-order valence-corrected chi connectivity index (χ4v) is 3.29. The number of carbonyl (C=O) groups is 1. The maximum absolute atomic E-state index is 12.7. The monoisotopic (exact) mass is 381 g/mol. The van der Waals surface area contributed by atoms with Crippen LogP contribution in [0.3, 0.4) is 0 Å². The van der Waals surface area contributed by atoms with E-state index in [2.05, 4.69) is 27.9 Å². The number of aryl methyl sites for hydroxylation is 1. The van der Waals surface area contributed by atoms with Crippen LogP contribution in [-0.4, -0.2) is 58.8 Å². The number of piperazine rings is 1. The Balaban J connectivity index is 0.00000240. The molecule has 4 rings (SSSR count). The first-order valence-corrected chi connectivity index (χ1v) is 9.25. The molecule has 0 spiro atoms. The first-order chi connectivity index (χ1) is 13.5. The zero-order chi connectivity index (χ0) is 19.7. The largest absolute Gasteiger partial charge is 1.00 e. The average molecular weight is 381 g/mol. The number of fused-ring (bicyclic) bond motifs is 1. The Morgan fingerprint density at radius 1 is 1.24 bits per heavy atom. The van der Waals surface area contributed by atoms with Gasteiger partial charge >= 0.3 is 18.9 Å². The normalized spacial score (nSPS) is 17.7. The van der Waals surface area contributed by atoms with Crippen LogP contribution in [-0.2, 0) is 4.79 Å². The first kappa shape index (κ1) is 21.2. The van der Waals surface area contributed by atoms with Crippen LogP contribution in [0.4, 0.5) is 0 Å². The molecule has 0 unspecified atom stereocenters. The summed E-state index contributed by atoms with van der Waals surface area (Å²) in [6, 6.07) is 5.51. The van der Waals surface area contributed by atoms with Crippen molar-refractivity contribution in [2.75, 3.05) is 33.2 Å². The molecule has 6 nitrogen and oxygen atoms in total. The third-order valence-corrected chi connectivity index (χ3v) is 4.93. The van der Waals surface area contributed by atoms with Crippen molar-refractivity contribution < 1.29 is 28.1 Å². The standard InChI is InChI=1S/C22H22N4O2.Li/c1-16-4-7-19(25-12-10-24(3)11-13-25)15-26(16)22(27)9-6-18-5-8-20-21(14-18)28-17(2)23-20;/h1,4-5,7-9,14-15H,10-13H2,2-3H3;/q-2;+1. The van der Waals surface area contributed by atoms with Crippen LogP contribution in [0.15, 0.2) is 58.4 Å². The van der Waals surface area contributed by atoms with Crippen molar-refractivity contribution in [3.05, 3.63) is 78.1 Å². The SMILES string of the molecule is [CH-]=C1C=CC(N2CCN(C)CC2)=CN1C(=O)C=[C-]c1ccc2nc(C)oc2c1.[Li+]. The summed E-state index contributed by atoms with van der Waals surface area (Å²) in [5.41, 5.74) is 3.58. The van der Waals surface area contributed by atoms with E-state index in [0.29, 0.717) is 17.2 Å². The van der Waals surface area contributed by atoms with Gasteiger partial charge in [-0.15, -0.1) is 29.5 Å². The van der Waals surface area contributed by atoms with Gasteiger partial charge in [0.05, 0.1) is 5.52 Å². The number of hydrogen-bond donors (Lipinski definition) is 0. The van der Waals surface area contributed by atoms with E-state index in [4.69, 9.17) is 11.0 Å². The summed E-state index contributed by atoms with van der Waals surface area (Å²) in [7, 11) is 2.11. The van der Waals surface area contributed by atoms with Crippen LogP contribution in [0.1, 0.15) is 11.5 Å². The number of amides is 1. The predicted octanol–water partition coefficient (Wildman–Crippen LogP) is -0.348. The van der Waals surface area contributed by atoms with Crippen LogP contribution in [0.5, 0.6) is 0 Å². The number of allylic oxidation sites excluding steroid dienone is 2. The van der Waals surface area contributed by atoms with Crippen molar-refractivity contribution in [1.29, 1.82) is 0 Å². The van der Waals surface area contributed by atoms with E-state index in [1.54, 1.807) is 19.2 Å². The minimum Gasteiger partial charge on any atom is -0.451 e. The molecule has 0 atom stereocenters. The topological polar surface area (TPSA) is 52.8 Å². The van der Waals surface area contributed by atoms with Gasteiger partial charge in [-0.25, -0.2) is 4.98 Å². The number of carbonyl (C=O) groups excluding carboxylic acids is 1. The molecule has 2 aliphatic rings. The number of rotatable bonds is 3. The zero-order valence-corrected chi connectivity index (χ0v) is 17.1. The van der Waals surface area contributed by atoms with Gasteiger partial charge < -0.3 is 23.9 Å². The van der Waals surface area contributed by atoms with E-state index in [0.717, 1.165) is 43.0 Å². The fourth-order valence-electron chi connectivity index (χ4n) is 3.29. The number of likely N-dealkylation sites (N-methyl/N-ethyl adjacent to an activating group) is 1. The van der Waals surface area contributed by atoms with E-state index in [1.165, 1.54) is 11.0 Å². The molecule has 1 aromatic carbocycles. The van der Waals surface area contributed by atoms with Gasteiger partial charge in [0.1, 0.15) is 5.58 Å². The number of oxazole rings is 1. The first-order valence-electron chi connectivity index (χ1n) is 9.25. The summed E-state index contributed by atoms with van der Waals surface area (Å²) < 4.78 is 5.53. The maximum atomic E-state index is 12.7. The minimum atomic E-state index is -0.248. The van der Waals surface area contributed by atoms with Gasteiger partial charge in [0.2, 0.25) is 0 Å². The summed E-state index contributed by atoms with van der Waals surface area (Å²) in [6.45, 7) is 11.7. The smallest absolute Gasteiger partial charge is 0.451 e. The quantitative estimate of drug-likeness (QED) is 0.413. The van der Waals surface area contributed by atoms with Crippen molar-refractivity contribution in [2.24, 2.45) is 0 Å². The third kappa shape index (κ3) is 4.73. The second-order valence-electron chi connectivity index (χ2n) is 7.01. The minimum absolute atomic E-state index is 0. The Morgan fingerprint density at radius 3 is 2.76 bits per heavy atom. The van der Waals surface area contributed by atoms with Crippen molar-refractivity contribution in [2.45, 2.75) is 6.92 Å². The predicted molar refractivity (Wildman–Crippen MR) is 107 cm³/mol. The van der Waals surface area contributed by atoms with Crippen LogP contribution in [0.25, 0.3) is 11.1 Å². The Morgan fingerprint density at radius 2 is 2.00 bits per heavy atom. The van der Waals surface area contributed by atoms with Crippen molar-refractivity contribution in [1.82, 2.24) is 19.7 Å². The molecule has 7 heteroatoms. The summed E-state index contributed by atoms with van der Waals surface area (Å²) in [6.07, 6.45) is 9.93. The summed E-state index contributed by atoms with van der Waals surface area (Å²) in [5, 5.41) is 0. The van der Waals surface area contributed by atoms with Gasteiger partial charge in [-0.3, -0.25) is 6.58 Å². The van der Waals surface area contributed by atoms with E-state index in [9.17, 15) is 4.79 Å². The Kier molecular flexibility index (Phi) is 6.48. The zero-order valence-electron chi connectivity index (χ0n) is 17.1. The van der Waals surface area contributed by atoms with Gasteiger partial charge in [0, 0.05) is 45.0 Å². The van der Waals surface area contributed by atoms with Crippen LogP contribution >= 0.6 is 0 Å². The molecule has 0 bridgehead atoms. The molecule has 1 amide bonds. The van der Waals surface area contributed by atoms with E-state index < -0.39 is 0 Å². The molecule has 144 valence electrons. The number of aromatic nitrogens is 1. The van der Waals surface area contributed by atoms with Gasteiger partial charge in [0.15, 0.2) is 11.8 Å². The van der Waals surface area contributed by atoms with E-state index in [1.807, 2.05) is 24.3 Å². The van der Waals surface area contributed by atoms with Gasteiger partial charge in [0.25, 0.3) is 0 Å². The molecule has 1 aromatic heterocycles. The van der Waals surface area contributed by atoms with Crippen LogP contribution in [0.2, 0.25) is 0 Å². The molecule has 0 saturated carbocycles. The Hall–Kier alpha value is -2.52. The van der Waals surface area contributed by atoms with Crippen LogP contribution < -0.4 is 18.9 Å². The number of benzene rings is 1. The summed E-state index contributed by atoms with van der Waals surface area (Å²) in [4.78, 5) is 23.0. The number of hydrogen-bond acceptors (Lipinski definition) is 5. The average Bonchev–Trinajstić information content (AvgIpc) is 3.06. The molecule has 2 aliphatic heterocycles. The maximum Gasteiger partial charge on any atom is 1.00 e. The summed E-state index contributed by atoms with van der Waals surface area (Å²) in [5.74, 6) is 0.360. The molecule has 29 heavy (non-hydrogen) atoms. The van der Waals surface area contributed by atoms with E-state index in [-0.39, 0.29) is 24.8 Å². The second kappa shape index (κ2) is 8.87. The summed E-state index contributed by atoms with van der Waals surface area (Å²) >= 11 is 0. The second-order valence-corrected chi connectivity index (χ2v) is 7.01. The molecule has 0 N–H and O–H groups in total. The molecule has 0 aliphatic carbocycles. The fraction of sp³-hybridized carbons (Fsp3) is 0.273.